The van der Waals surface area contributed by atoms with Crippen LogP contribution in [0.3, 0.4) is 0 Å². The molecule has 0 spiro atoms. The third kappa shape index (κ3) is 3.71. The summed E-state index contributed by atoms with van der Waals surface area (Å²) in [5.41, 5.74) is 5.51. The summed E-state index contributed by atoms with van der Waals surface area (Å²) < 4.78 is 1.27. The lowest BCUT2D eigenvalue weighted by Gasteiger charge is -2.21. The number of carbonyl (C=O) groups excluding carboxylic acids is 2. The van der Waals surface area contributed by atoms with Crippen molar-refractivity contribution in [1.82, 2.24) is 9.80 Å². The topological polar surface area (TPSA) is 66.6 Å². The zero-order chi connectivity index (χ0) is 16.4. The molecule has 2 heterocycles. The zero-order valence-electron chi connectivity index (χ0n) is 13.2. The van der Waals surface area contributed by atoms with E-state index in [0.717, 1.165) is 13.1 Å². The van der Waals surface area contributed by atoms with E-state index in [2.05, 4.69) is 23.1 Å². The molecule has 2 aromatic rings. The second-order valence-electron chi connectivity index (χ2n) is 6.05. The van der Waals surface area contributed by atoms with Gasteiger partial charge >= 0.3 is 0 Å². The van der Waals surface area contributed by atoms with Gasteiger partial charge in [0, 0.05) is 49.2 Å². The van der Waals surface area contributed by atoms with Gasteiger partial charge in [0.05, 0.1) is 5.92 Å². The van der Waals surface area contributed by atoms with E-state index in [0.29, 0.717) is 19.6 Å². The maximum atomic E-state index is 11.7. The van der Waals surface area contributed by atoms with Crippen LogP contribution in [0, 0.1) is 5.92 Å². The van der Waals surface area contributed by atoms with Crippen LogP contribution in [0.25, 0.3) is 10.1 Å². The van der Waals surface area contributed by atoms with E-state index in [1.54, 1.807) is 23.2 Å². The Bertz CT molecular complexity index is 694. The van der Waals surface area contributed by atoms with Gasteiger partial charge in [0.25, 0.3) is 0 Å². The lowest BCUT2D eigenvalue weighted by Crippen LogP contribution is -2.39. The van der Waals surface area contributed by atoms with Crippen molar-refractivity contribution in [3.05, 3.63) is 35.2 Å². The van der Waals surface area contributed by atoms with E-state index >= 15 is 0 Å². The van der Waals surface area contributed by atoms with Crippen molar-refractivity contribution in [2.75, 3.05) is 26.2 Å². The van der Waals surface area contributed by atoms with Crippen molar-refractivity contribution in [3.8, 4) is 0 Å². The summed E-state index contributed by atoms with van der Waals surface area (Å²) in [6.07, 6.45) is 0. The van der Waals surface area contributed by atoms with Gasteiger partial charge in [-0.15, -0.1) is 11.3 Å². The molecular formula is C17H21N3O2S. The second-order valence-corrected chi connectivity index (χ2v) is 7.22. The molecule has 1 fully saturated rings. The first kappa shape index (κ1) is 16.0. The first-order valence-corrected chi connectivity index (χ1v) is 8.59. The number of carbonyl (C=O) groups is 2. The monoisotopic (exact) mass is 331 g/mol. The molecule has 1 aliphatic rings. The molecule has 2 N–H and O–H groups in total. The van der Waals surface area contributed by atoms with E-state index in [1.807, 2.05) is 12.1 Å². The van der Waals surface area contributed by atoms with Gasteiger partial charge in [-0.2, -0.15) is 0 Å². The summed E-state index contributed by atoms with van der Waals surface area (Å²) in [6.45, 7) is 4.76. The number of benzene rings is 1. The van der Waals surface area contributed by atoms with E-state index < -0.39 is 0 Å². The van der Waals surface area contributed by atoms with Gasteiger partial charge < -0.3 is 10.6 Å². The summed E-state index contributed by atoms with van der Waals surface area (Å²) in [7, 11) is 0. The minimum atomic E-state index is -0.334. The van der Waals surface area contributed by atoms with Gasteiger partial charge in [0.15, 0.2) is 0 Å². The highest BCUT2D eigenvalue weighted by Gasteiger charge is 2.27. The average molecular weight is 331 g/mol. The summed E-state index contributed by atoms with van der Waals surface area (Å²) in [5.74, 6) is -0.643. The molecule has 122 valence electrons. The van der Waals surface area contributed by atoms with Crippen LogP contribution in [-0.4, -0.2) is 47.8 Å². The summed E-state index contributed by atoms with van der Waals surface area (Å²) in [5, 5.41) is 1.25. The molecule has 0 unspecified atom stereocenters. The fourth-order valence-electron chi connectivity index (χ4n) is 3.02. The Morgan fingerprint density at radius 1 is 1.26 bits per heavy atom. The Labute approximate surface area is 139 Å². The van der Waals surface area contributed by atoms with Crippen LogP contribution in [0.4, 0.5) is 0 Å². The Hall–Kier alpha value is -1.92. The number of thiophene rings is 1. The van der Waals surface area contributed by atoms with E-state index in [1.165, 1.54) is 15.0 Å². The Morgan fingerprint density at radius 2 is 2.04 bits per heavy atom. The summed E-state index contributed by atoms with van der Waals surface area (Å²) in [4.78, 5) is 28.6. The number of hydrogen-bond donors (Lipinski definition) is 1. The van der Waals surface area contributed by atoms with Gasteiger partial charge in [-0.05, 0) is 17.5 Å². The Balaban J connectivity index is 1.75. The van der Waals surface area contributed by atoms with E-state index in [-0.39, 0.29) is 17.7 Å². The van der Waals surface area contributed by atoms with Crippen molar-refractivity contribution in [1.29, 1.82) is 0 Å². The maximum absolute atomic E-state index is 11.7. The highest BCUT2D eigenvalue weighted by molar-refractivity contribution is 7.19. The number of rotatable bonds is 3. The quantitative estimate of drug-likeness (QED) is 0.930. The molecule has 2 amide bonds. The van der Waals surface area contributed by atoms with Crippen LogP contribution in [0.5, 0.6) is 0 Å². The molecule has 0 radical (unpaired) electrons. The molecule has 5 nitrogen and oxygen atoms in total. The smallest absolute Gasteiger partial charge is 0.223 e. The van der Waals surface area contributed by atoms with Gasteiger partial charge in [0.1, 0.15) is 0 Å². The molecule has 0 aliphatic carbocycles. The van der Waals surface area contributed by atoms with Crippen molar-refractivity contribution in [2.24, 2.45) is 11.7 Å². The lowest BCUT2D eigenvalue weighted by molar-refractivity contribution is -0.130. The maximum Gasteiger partial charge on any atom is 0.223 e. The fourth-order valence-corrected chi connectivity index (χ4v) is 4.13. The first-order valence-electron chi connectivity index (χ1n) is 7.77. The zero-order valence-corrected chi connectivity index (χ0v) is 14.0. The van der Waals surface area contributed by atoms with Crippen molar-refractivity contribution < 1.29 is 9.59 Å². The lowest BCUT2D eigenvalue weighted by atomic mass is 10.1. The highest BCUT2D eigenvalue weighted by Crippen LogP contribution is 2.26. The van der Waals surface area contributed by atoms with Crippen LogP contribution in [0.2, 0.25) is 0 Å². The molecule has 1 atom stereocenters. The molecular weight excluding hydrogens is 310 g/mol. The number of hydrogen-bond acceptors (Lipinski definition) is 4. The van der Waals surface area contributed by atoms with E-state index in [4.69, 9.17) is 5.73 Å². The van der Waals surface area contributed by atoms with Crippen LogP contribution in [-0.2, 0) is 16.1 Å². The molecule has 0 saturated carbocycles. The number of fused-ring (bicyclic) bond motifs is 1. The highest BCUT2D eigenvalue weighted by atomic mass is 32.1. The molecule has 23 heavy (non-hydrogen) atoms. The molecule has 3 rings (SSSR count). The average Bonchev–Trinajstić information content (AvgIpc) is 2.78. The first-order chi connectivity index (χ1) is 11.0. The minimum absolute atomic E-state index is 0.0000351. The predicted molar refractivity (Wildman–Crippen MR) is 92.0 cm³/mol. The van der Waals surface area contributed by atoms with Gasteiger partial charge in [-0.25, -0.2) is 0 Å². The van der Waals surface area contributed by atoms with Crippen LogP contribution < -0.4 is 5.73 Å². The van der Waals surface area contributed by atoms with Crippen LogP contribution in [0.1, 0.15) is 11.8 Å². The summed E-state index contributed by atoms with van der Waals surface area (Å²) in [6, 6.07) is 10.5. The third-order valence-corrected chi connectivity index (χ3v) is 5.41. The number of nitrogens with two attached hydrogens (primary N) is 1. The van der Waals surface area contributed by atoms with Crippen LogP contribution in [0.15, 0.2) is 30.3 Å². The van der Waals surface area contributed by atoms with Gasteiger partial charge in [0.2, 0.25) is 11.8 Å². The largest absolute Gasteiger partial charge is 0.369 e. The summed E-state index contributed by atoms with van der Waals surface area (Å²) >= 11 is 1.78. The van der Waals surface area contributed by atoms with Crippen molar-refractivity contribution in [2.45, 2.75) is 13.5 Å². The number of nitrogens with zero attached hydrogens (tertiary/aromatic N) is 2. The molecule has 1 aromatic heterocycles. The van der Waals surface area contributed by atoms with Crippen molar-refractivity contribution >= 4 is 33.2 Å². The molecule has 0 bridgehead atoms. The van der Waals surface area contributed by atoms with Crippen LogP contribution >= 0.6 is 11.3 Å². The predicted octanol–water partition coefficient (Wildman–Crippen LogP) is 1.67. The molecule has 1 saturated heterocycles. The molecule has 1 aromatic carbocycles. The molecule has 1 aliphatic heterocycles. The second kappa shape index (κ2) is 6.68. The third-order valence-electron chi connectivity index (χ3n) is 4.31. The van der Waals surface area contributed by atoms with Gasteiger partial charge in [-0.3, -0.25) is 14.5 Å². The Kier molecular flexibility index (Phi) is 4.63. The van der Waals surface area contributed by atoms with Gasteiger partial charge in [-0.1, -0.05) is 18.2 Å². The fraction of sp³-hybridized carbons (Fsp3) is 0.412. The standard InChI is InChI=1S/C17H21N3O2S/c1-12(21)20-7-6-19(9-14(10-20)17(18)22)11-15-8-13-4-2-3-5-16(13)23-15/h2-5,8,14H,6-7,9-11H2,1H3,(H2,18,22)/t14-/m0/s1. The molecule has 6 heteroatoms. The van der Waals surface area contributed by atoms with Crippen molar-refractivity contribution in [3.63, 3.8) is 0 Å². The number of amides is 2. The van der Waals surface area contributed by atoms with E-state index in [9.17, 15) is 9.59 Å². The minimum Gasteiger partial charge on any atom is -0.369 e. The Morgan fingerprint density at radius 3 is 2.74 bits per heavy atom. The SMILES string of the molecule is CC(=O)N1CCN(Cc2cc3ccccc3s2)C[C@H](C(N)=O)C1. The number of primary amides is 1. The normalized spacial score (nSPS) is 19.7.